The second kappa shape index (κ2) is 15.0. The van der Waals surface area contributed by atoms with Gasteiger partial charge in [0, 0.05) is 24.8 Å². The van der Waals surface area contributed by atoms with Crippen LogP contribution in [0.5, 0.6) is 5.75 Å². The Bertz CT molecular complexity index is 2240. The number of hydrogen-bond donors (Lipinski definition) is 2. The number of alkyl halides is 3. The lowest BCUT2D eigenvalue weighted by Crippen LogP contribution is -2.41. The summed E-state index contributed by atoms with van der Waals surface area (Å²) in [6.07, 6.45) is -4.51. The molecule has 1 aromatic heterocycles. The number of carbonyl (C=O) groups excluding carboxylic acids is 3. The number of carbonyl (C=O) groups is 3. The van der Waals surface area contributed by atoms with Gasteiger partial charge in [0.2, 0.25) is 5.91 Å². The third-order valence-corrected chi connectivity index (χ3v) is 9.21. The number of likely N-dealkylation sites (N-methyl/N-ethyl adjacent to an activating group) is 1. The van der Waals surface area contributed by atoms with Crippen LogP contribution in [0.25, 0.3) is 21.3 Å². The van der Waals surface area contributed by atoms with Crippen molar-refractivity contribution in [1.82, 2.24) is 15.2 Å². The van der Waals surface area contributed by atoms with E-state index in [2.05, 4.69) is 15.6 Å². The molecule has 0 bridgehead atoms. The van der Waals surface area contributed by atoms with Gasteiger partial charge < -0.3 is 20.3 Å². The molecular weight excluding hydrogens is 697 g/mol. The van der Waals surface area contributed by atoms with Crippen LogP contribution in [-0.4, -0.2) is 41.8 Å². The molecular formula is C39H30F4N4O4S. The molecule has 0 saturated carbocycles. The molecule has 3 amide bonds. The zero-order valence-corrected chi connectivity index (χ0v) is 28.5. The molecule has 1 atom stereocenters. The lowest BCUT2D eigenvalue weighted by molar-refractivity contribution is -0.137. The maximum absolute atomic E-state index is 13.7. The minimum Gasteiger partial charge on any atom is -0.496 e. The number of fused-ring (bicyclic) bond motifs is 1. The third kappa shape index (κ3) is 7.94. The summed E-state index contributed by atoms with van der Waals surface area (Å²) < 4.78 is 59.0. The number of ether oxygens (including phenoxy) is 1. The Labute approximate surface area is 299 Å². The average molecular weight is 727 g/mol. The summed E-state index contributed by atoms with van der Waals surface area (Å²) in [5, 5.41) is 5.72. The summed E-state index contributed by atoms with van der Waals surface area (Å²) in [5.74, 6) is -1.59. The van der Waals surface area contributed by atoms with Crippen LogP contribution in [0.2, 0.25) is 0 Å². The average Bonchev–Trinajstić information content (AvgIpc) is 3.58. The van der Waals surface area contributed by atoms with Gasteiger partial charge in [-0.15, -0.1) is 11.3 Å². The Morgan fingerprint density at radius 2 is 1.58 bits per heavy atom. The predicted molar refractivity (Wildman–Crippen MR) is 191 cm³/mol. The van der Waals surface area contributed by atoms with Crippen LogP contribution in [0.15, 0.2) is 115 Å². The first-order valence-electron chi connectivity index (χ1n) is 15.8. The first-order valence-corrected chi connectivity index (χ1v) is 16.6. The fourth-order valence-electron chi connectivity index (χ4n) is 5.60. The number of amides is 3. The van der Waals surface area contributed by atoms with Crippen molar-refractivity contribution in [3.63, 3.8) is 0 Å². The highest BCUT2D eigenvalue weighted by Gasteiger charge is 2.31. The molecule has 13 heteroatoms. The summed E-state index contributed by atoms with van der Waals surface area (Å²) in [5.41, 5.74) is 2.17. The van der Waals surface area contributed by atoms with Crippen molar-refractivity contribution in [1.29, 1.82) is 0 Å². The quantitative estimate of drug-likeness (QED) is 0.138. The molecule has 6 aromatic rings. The third-order valence-electron chi connectivity index (χ3n) is 8.20. The van der Waals surface area contributed by atoms with E-state index in [1.54, 1.807) is 85.9 Å². The monoisotopic (exact) mass is 726 g/mol. The summed E-state index contributed by atoms with van der Waals surface area (Å²) in [6, 6.07) is 27.6. The van der Waals surface area contributed by atoms with E-state index in [-0.39, 0.29) is 28.8 Å². The summed E-state index contributed by atoms with van der Waals surface area (Å²) in [6.45, 7) is 0.190. The molecule has 0 aliphatic heterocycles. The van der Waals surface area contributed by atoms with Gasteiger partial charge in [0.05, 0.1) is 28.5 Å². The number of nitrogens with one attached hydrogen (secondary N) is 2. The normalized spacial score (nSPS) is 11.9. The Morgan fingerprint density at radius 1 is 0.865 bits per heavy atom. The van der Waals surface area contributed by atoms with Crippen LogP contribution in [0.3, 0.4) is 0 Å². The number of anilines is 1. The maximum Gasteiger partial charge on any atom is 0.416 e. The van der Waals surface area contributed by atoms with Gasteiger partial charge in [0.25, 0.3) is 11.8 Å². The zero-order chi connectivity index (χ0) is 37.0. The Morgan fingerprint density at radius 3 is 2.25 bits per heavy atom. The molecule has 0 radical (unpaired) electrons. The molecule has 0 saturated heterocycles. The number of thiazole rings is 1. The van der Waals surface area contributed by atoms with Crippen LogP contribution in [0, 0.1) is 5.82 Å². The van der Waals surface area contributed by atoms with Gasteiger partial charge >= 0.3 is 6.18 Å². The molecule has 52 heavy (non-hydrogen) atoms. The molecule has 8 nitrogen and oxygen atoms in total. The molecule has 264 valence electrons. The highest BCUT2D eigenvalue weighted by atomic mass is 32.1. The van der Waals surface area contributed by atoms with Crippen molar-refractivity contribution in [3.8, 4) is 16.9 Å². The molecule has 0 aliphatic carbocycles. The van der Waals surface area contributed by atoms with Crippen molar-refractivity contribution in [2.24, 2.45) is 0 Å². The lowest BCUT2D eigenvalue weighted by Gasteiger charge is -2.25. The highest BCUT2D eigenvalue weighted by molar-refractivity contribution is 7.20. The van der Waals surface area contributed by atoms with Crippen molar-refractivity contribution >= 4 is 45.0 Å². The van der Waals surface area contributed by atoms with E-state index in [1.807, 2.05) is 0 Å². The smallest absolute Gasteiger partial charge is 0.416 e. The van der Waals surface area contributed by atoms with Gasteiger partial charge in [-0.3, -0.25) is 14.4 Å². The molecule has 0 fully saturated rings. The number of halogens is 4. The number of hydrogen-bond acceptors (Lipinski definition) is 6. The van der Waals surface area contributed by atoms with Gasteiger partial charge in [-0.1, -0.05) is 60.7 Å². The summed E-state index contributed by atoms with van der Waals surface area (Å²) in [4.78, 5) is 46.7. The molecule has 2 N–H and O–H groups in total. The highest BCUT2D eigenvalue weighted by Crippen LogP contribution is 2.37. The number of aromatic nitrogens is 1. The fourth-order valence-corrected chi connectivity index (χ4v) is 6.51. The van der Waals surface area contributed by atoms with E-state index in [0.717, 1.165) is 23.5 Å². The van der Waals surface area contributed by atoms with Gasteiger partial charge in [-0.25, -0.2) is 9.37 Å². The van der Waals surface area contributed by atoms with Crippen molar-refractivity contribution in [2.75, 3.05) is 19.5 Å². The van der Waals surface area contributed by atoms with Crippen molar-refractivity contribution in [2.45, 2.75) is 18.8 Å². The van der Waals surface area contributed by atoms with Crippen LogP contribution in [0.4, 0.5) is 23.2 Å². The maximum atomic E-state index is 13.7. The number of benzene rings is 5. The van der Waals surface area contributed by atoms with Gasteiger partial charge in [0.1, 0.15) is 17.6 Å². The van der Waals surface area contributed by atoms with Crippen LogP contribution < -0.4 is 15.4 Å². The van der Waals surface area contributed by atoms with Crippen molar-refractivity contribution < 1.29 is 36.7 Å². The predicted octanol–water partition coefficient (Wildman–Crippen LogP) is 8.51. The molecule has 1 heterocycles. The SMILES string of the molecule is COc1cccc(C(=O)Nc2ccc3nc(C(=O)N[C@H](C(=O)N(C)Cc4ccc(F)cc4)c4ccccc4)sc3c2)c1-c1ccc(C(F)(F)F)cc1. The van der Waals surface area contributed by atoms with E-state index in [4.69, 9.17) is 4.74 Å². The van der Waals surface area contributed by atoms with E-state index in [9.17, 15) is 31.9 Å². The second-order valence-corrected chi connectivity index (χ2v) is 12.8. The van der Waals surface area contributed by atoms with E-state index in [1.165, 1.54) is 36.3 Å². The van der Waals surface area contributed by atoms with E-state index >= 15 is 0 Å². The largest absolute Gasteiger partial charge is 0.496 e. The van der Waals surface area contributed by atoms with E-state index < -0.39 is 29.6 Å². The van der Waals surface area contributed by atoms with Crippen LogP contribution >= 0.6 is 11.3 Å². The Hall–Kier alpha value is -6.08. The first-order chi connectivity index (χ1) is 24.9. The number of nitrogens with zero attached hydrogens (tertiary/aromatic N) is 2. The Kier molecular flexibility index (Phi) is 10.3. The molecule has 6 rings (SSSR count). The van der Waals surface area contributed by atoms with Crippen LogP contribution in [-0.2, 0) is 17.5 Å². The molecule has 0 spiro atoms. The molecule has 5 aromatic carbocycles. The first kappa shape index (κ1) is 35.7. The number of rotatable bonds is 10. The fraction of sp³-hybridized carbons (Fsp3) is 0.128. The van der Waals surface area contributed by atoms with Gasteiger partial charge in [-0.05, 0) is 71.3 Å². The molecule has 0 aliphatic rings. The summed E-state index contributed by atoms with van der Waals surface area (Å²) >= 11 is 1.07. The standard InChI is InChI=1S/C39H30F4N4O4S/c1-47(22-23-11-17-27(40)18-12-23)38(50)34(25-7-4-3-5-8-25)46-36(49)37-45-30-20-19-28(21-32(30)52-37)44-35(48)29-9-6-10-31(51-2)33(29)24-13-15-26(16-14-24)39(41,42)43/h3-21,34H,22H2,1-2H3,(H,44,48)(H,46,49)/t34-/m0/s1. The second-order valence-electron chi connectivity index (χ2n) is 11.8. The van der Waals surface area contributed by atoms with Gasteiger partial charge in [-0.2, -0.15) is 13.2 Å². The topological polar surface area (TPSA) is 101 Å². The van der Waals surface area contributed by atoms with Crippen molar-refractivity contribution in [3.05, 3.63) is 148 Å². The molecule has 0 unspecified atom stereocenters. The van der Waals surface area contributed by atoms with Gasteiger partial charge in [0.15, 0.2) is 5.01 Å². The lowest BCUT2D eigenvalue weighted by atomic mass is 9.96. The number of methoxy groups -OCH3 is 1. The van der Waals surface area contributed by atoms with Crippen LogP contribution in [0.1, 0.15) is 42.9 Å². The van der Waals surface area contributed by atoms with E-state index in [0.29, 0.717) is 43.9 Å². The minimum absolute atomic E-state index is 0.0887. The Balaban J connectivity index is 1.21. The zero-order valence-electron chi connectivity index (χ0n) is 27.7. The summed E-state index contributed by atoms with van der Waals surface area (Å²) in [7, 11) is 3.00. The minimum atomic E-state index is -4.51.